The minimum atomic E-state index is 0.0417. The van der Waals surface area contributed by atoms with Crippen molar-refractivity contribution in [2.24, 2.45) is 5.92 Å². The van der Waals surface area contributed by atoms with Crippen molar-refractivity contribution >= 4 is 57.0 Å². The number of rotatable bonds is 11. The SMILES string of the molecule is CCC(Cc1ccc2[nH]ncc2c1Cl)C(=N)/C(C)=C\Nc1ccc(/C(Nc2cncnc2)=C2\CS2)c(OC)c1. The standard InChI is InChI=1S/C29H30ClN7OS/c1-4-18(9-19-5-8-24-23(27(19)30)14-35-37-24)28(31)17(2)11-34-20-6-7-22(25(10-20)38-3)29(26-15-39-26)36-21-12-32-16-33-13-21/h5-8,10-14,16,18,31,34,36H,4,9,15H2,1-3H3,(H,35,37)/b17-11-,29-26-,31-28?. The predicted octanol–water partition coefficient (Wildman–Crippen LogP) is 7.15. The van der Waals surface area contributed by atoms with Gasteiger partial charge >= 0.3 is 0 Å². The molecule has 0 bridgehead atoms. The monoisotopic (exact) mass is 559 g/mol. The molecule has 0 saturated carbocycles. The fraction of sp³-hybridized carbons (Fsp3) is 0.241. The molecule has 0 radical (unpaired) electrons. The van der Waals surface area contributed by atoms with Crippen LogP contribution in [0.2, 0.25) is 5.02 Å². The Morgan fingerprint density at radius 2 is 2.00 bits per heavy atom. The fourth-order valence-corrected chi connectivity index (χ4v) is 5.27. The number of nitrogens with zero attached hydrogens (tertiary/aromatic N) is 3. The normalized spacial score (nSPS) is 15.1. The van der Waals surface area contributed by atoms with E-state index in [-0.39, 0.29) is 5.92 Å². The van der Waals surface area contributed by atoms with E-state index < -0.39 is 0 Å². The maximum Gasteiger partial charge on any atom is 0.130 e. The third-order valence-electron chi connectivity index (χ3n) is 6.75. The molecule has 1 unspecified atom stereocenters. The number of methoxy groups -OCH3 is 1. The quantitative estimate of drug-likeness (QED) is 0.114. The van der Waals surface area contributed by atoms with Gasteiger partial charge < -0.3 is 20.8 Å². The van der Waals surface area contributed by atoms with E-state index in [9.17, 15) is 0 Å². The van der Waals surface area contributed by atoms with Crippen molar-refractivity contribution in [1.82, 2.24) is 20.2 Å². The zero-order valence-corrected chi connectivity index (χ0v) is 23.6. The molecule has 3 heterocycles. The number of nitrogens with one attached hydrogen (secondary N) is 4. The van der Waals surface area contributed by atoms with Crippen molar-refractivity contribution in [3.05, 3.63) is 88.1 Å². The number of hydrogen-bond donors (Lipinski definition) is 4. The Labute approximate surface area is 236 Å². The van der Waals surface area contributed by atoms with Crippen LogP contribution in [0.5, 0.6) is 5.75 Å². The topological polar surface area (TPSA) is 112 Å². The lowest BCUT2D eigenvalue weighted by Crippen LogP contribution is -2.17. The van der Waals surface area contributed by atoms with E-state index in [0.717, 1.165) is 62.6 Å². The van der Waals surface area contributed by atoms with Crippen LogP contribution in [0.3, 0.4) is 0 Å². The highest BCUT2D eigenvalue weighted by Gasteiger charge is 2.23. The number of fused-ring (bicyclic) bond motifs is 1. The van der Waals surface area contributed by atoms with E-state index in [4.69, 9.17) is 21.7 Å². The predicted molar refractivity (Wildman–Crippen MR) is 162 cm³/mol. The number of benzene rings is 2. The summed E-state index contributed by atoms with van der Waals surface area (Å²) in [5, 5.41) is 24.3. The highest BCUT2D eigenvalue weighted by atomic mass is 35.5. The van der Waals surface area contributed by atoms with Gasteiger partial charge in [-0.25, -0.2) is 9.97 Å². The lowest BCUT2D eigenvalue weighted by Gasteiger charge is -2.18. The highest BCUT2D eigenvalue weighted by molar-refractivity contribution is 8.11. The van der Waals surface area contributed by atoms with Crippen molar-refractivity contribution in [2.75, 3.05) is 23.5 Å². The molecule has 4 N–H and O–H groups in total. The average Bonchev–Trinajstić information content (AvgIpc) is 3.70. The van der Waals surface area contributed by atoms with Crippen molar-refractivity contribution in [2.45, 2.75) is 26.7 Å². The molecular formula is C29H30ClN7OS. The summed E-state index contributed by atoms with van der Waals surface area (Å²) in [6.07, 6.45) is 10.2. The van der Waals surface area contributed by atoms with E-state index >= 15 is 0 Å². The summed E-state index contributed by atoms with van der Waals surface area (Å²) in [5.74, 6) is 1.76. The van der Waals surface area contributed by atoms with Gasteiger partial charge in [0.1, 0.15) is 12.1 Å². The molecule has 1 aliphatic heterocycles. The molecule has 2 aromatic heterocycles. The maximum absolute atomic E-state index is 8.88. The molecule has 1 saturated heterocycles. The van der Waals surface area contributed by atoms with Gasteiger partial charge in [0.15, 0.2) is 0 Å². The van der Waals surface area contributed by atoms with Crippen molar-refractivity contribution < 1.29 is 4.74 Å². The van der Waals surface area contributed by atoms with Crippen molar-refractivity contribution in [3.63, 3.8) is 0 Å². The summed E-state index contributed by atoms with van der Waals surface area (Å²) in [6, 6.07) is 10.0. The van der Waals surface area contributed by atoms with Gasteiger partial charge in [-0.05, 0) is 49.1 Å². The molecule has 2 aromatic carbocycles. The third kappa shape index (κ3) is 6.10. The number of H-pyrrole nitrogens is 1. The second-order valence-corrected chi connectivity index (χ2v) is 10.8. The number of aromatic nitrogens is 4. The van der Waals surface area contributed by atoms with Gasteiger partial charge in [0, 0.05) is 51.2 Å². The van der Waals surface area contributed by atoms with Crippen molar-refractivity contribution in [1.29, 1.82) is 5.41 Å². The molecule has 200 valence electrons. The molecule has 8 nitrogen and oxygen atoms in total. The maximum atomic E-state index is 8.88. The van der Waals surface area contributed by atoms with Crippen LogP contribution in [0.1, 0.15) is 31.4 Å². The van der Waals surface area contributed by atoms with Gasteiger partial charge in [-0.3, -0.25) is 5.10 Å². The largest absolute Gasteiger partial charge is 0.496 e. The van der Waals surface area contributed by atoms with Gasteiger partial charge in [0.2, 0.25) is 0 Å². The van der Waals surface area contributed by atoms with Crippen LogP contribution >= 0.6 is 23.4 Å². The minimum absolute atomic E-state index is 0.0417. The molecule has 0 spiro atoms. The Balaban J connectivity index is 1.30. The van der Waals surface area contributed by atoms with E-state index in [1.54, 1.807) is 37.5 Å². The minimum Gasteiger partial charge on any atom is -0.496 e. The first kappa shape index (κ1) is 26.8. The van der Waals surface area contributed by atoms with Crippen LogP contribution in [0.4, 0.5) is 11.4 Å². The number of hydrogen-bond acceptors (Lipinski definition) is 8. The van der Waals surface area contributed by atoms with E-state index in [0.29, 0.717) is 17.2 Å². The van der Waals surface area contributed by atoms with Crippen LogP contribution < -0.4 is 15.4 Å². The fourth-order valence-electron chi connectivity index (χ4n) is 4.46. The first-order valence-corrected chi connectivity index (χ1v) is 14.0. The molecule has 1 atom stereocenters. The number of aromatic amines is 1. The van der Waals surface area contributed by atoms with Crippen LogP contribution in [0.15, 0.2) is 71.9 Å². The number of thioether (sulfide) groups is 1. The summed E-state index contributed by atoms with van der Waals surface area (Å²) in [7, 11) is 1.67. The lowest BCUT2D eigenvalue weighted by atomic mass is 9.89. The Kier molecular flexibility index (Phi) is 8.18. The summed E-state index contributed by atoms with van der Waals surface area (Å²) >= 11 is 8.45. The first-order chi connectivity index (χ1) is 19.0. The Morgan fingerprint density at radius 1 is 1.21 bits per heavy atom. The van der Waals surface area contributed by atoms with Crippen LogP contribution in [0.25, 0.3) is 16.6 Å². The van der Waals surface area contributed by atoms with Gasteiger partial charge in [-0.2, -0.15) is 5.10 Å². The Hall–Kier alpha value is -3.82. The smallest absolute Gasteiger partial charge is 0.130 e. The third-order valence-corrected chi connectivity index (χ3v) is 7.98. The zero-order chi connectivity index (χ0) is 27.4. The Morgan fingerprint density at radius 3 is 2.72 bits per heavy atom. The van der Waals surface area contributed by atoms with Crippen LogP contribution in [0, 0.1) is 11.3 Å². The number of halogens is 1. The van der Waals surface area contributed by atoms with Gasteiger partial charge in [0.05, 0.1) is 47.6 Å². The zero-order valence-electron chi connectivity index (χ0n) is 22.0. The molecule has 4 aromatic rings. The molecule has 39 heavy (non-hydrogen) atoms. The van der Waals surface area contributed by atoms with Crippen LogP contribution in [-0.2, 0) is 6.42 Å². The first-order valence-electron chi connectivity index (χ1n) is 12.7. The number of anilines is 2. The number of allylic oxidation sites excluding steroid dienone is 1. The second kappa shape index (κ2) is 11.9. The molecular weight excluding hydrogens is 530 g/mol. The van der Waals surface area contributed by atoms with E-state index in [1.807, 2.05) is 43.5 Å². The van der Waals surface area contributed by atoms with Crippen LogP contribution in [-0.4, -0.2) is 38.7 Å². The van der Waals surface area contributed by atoms with Crippen molar-refractivity contribution in [3.8, 4) is 5.75 Å². The molecule has 1 fully saturated rings. The van der Waals surface area contributed by atoms with Gasteiger partial charge in [0.25, 0.3) is 0 Å². The number of ether oxygens (including phenoxy) is 1. The van der Waals surface area contributed by atoms with E-state index in [1.165, 1.54) is 11.2 Å². The Bertz CT molecular complexity index is 1560. The molecule has 5 rings (SSSR count). The summed E-state index contributed by atoms with van der Waals surface area (Å²) in [6.45, 7) is 4.07. The summed E-state index contributed by atoms with van der Waals surface area (Å²) < 4.78 is 5.76. The van der Waals surface area contributed by atoms with E-state index in [2.05, 4.69) is 37.7 Å². The lowest BCUT2D eigenvalue weighted by molar-refractivity contribution is 0.414. The summed E-state index contributed by atoms with van der Waals surface area (Å²) in [5.41, 5.74) is 7.07. The molecule has 0 amide bonds. The molecule has 0 aliphatic carbocycles. The molecule has 10 heteroatoms. The van der Waals surface area contributed by atoms with Gasteiger partial charge in [-0.1, -0.05) is 24.6 Å². The molecule has 1 aliphatic rings. The average molecular weight is 560 g/mol. The second-order valence-electron chi connectivity index (χ2n) is 9.32. The van der Waals surface area contributed by atoms with Gasteiger partial charge in [-0.15, -0.1) is 11.8 Å². The summed E-state index contributed by atoms with van der Waals surface area (Å²) in [4.78, 5) is 9.46. The highest BCUT2D eigenvalue weighted by Crippen LogP contribution is 2.44.